The van der Waals surface area contributed by atoms with Crippen LogP contribution in [-0.4, -0.2) is 16.7 Å². The van der Waals surface area contributed by atoms with E-state index in [9.17, 15) is 0 Å². The summed E-state index contributed by atoms with van der Waals surface area (Å²) in [6, 6.07) is 3.93. The van der Waals surface area contributed by atoms with Crippen molar-refractivity contribution < 1.29 is 4.52 Å². The SMILES string of the molecule is Cc1noc(CCNCc2ccc(Cl)s2)n1. The van der Waals surface area contributed by atoms with Crippen LogP contribution in [0.3, 0.4) is 0 Å². The Balaban J connectivity index is 1.69. The maximum absolute atomic E-state index is 5.83. The van der Waals surface area contributed by atoms with E-state index in [2.05, 4.69) is 15.5 Å². The predicted molar refractivity (Wildman–Crippen MR) is 63.8 cm³/mol. The summed E-state index contributed by atoms with van der Waals surface area (Å²) in [5, 5.41) is 7.02. The van der Waals surface area contributed by atoms with Gasteiger partial charge in [-0.15, -0.1) is 11.3 Å². The molecular formula is C10H12ClN3OS. The molecule has 2 aromatic rings. The van der Waals surface area contributed by atoms with Crippen LogP contribution in [0.1, 0.15) is 16.6 Å². The highest BCUT2D eigenvalue weighted by atomic mass is 35.5. The van der Waals surface area contributed by atoms with Gasteiger partial charge in [-0.25, -0.2) is 0 Å². The van der Waals surface area contributed by atoms with Crippen LogP contribution in [0.25, 0.3) is 0 Å². The van der Waals surface area contributed by atoms with Gasteiger partial charge in [0, 0.05) is 24.4 Å². The molecule has 0 unspecified atom stereocenters. The van der Waals surface area contributed by atoms with E-state index in [4.69, 9.17) is 16.1 Å². The molecular weight excluding hydrogens is 246 g/mol. The quantitative estimate of drug-likeness (QED) is 0.836. The lowest BCUT2D eigenvalue weighted by molar-refractivity contribution is 0.372. The average Bonchev–Trinajstić information content (AvgIpc) is 2.83. The number of halogens is 1. The summed E-state index contributed by atoms with van der Waals surface area (Å²) in [5.74, 6) is 1.36. The summed E-state index contributed by atoms with van der Waals surface area (Å²) in [6.07, 6.45) is 0.750. The van der Waals surface area contributed by atoms with E-state index in [1.54, 1.807) is 11.3 Å². The number of hydrogen-bond donors (Lipinski definition) is 1. The second-order valence-corrected chi connectivity index (χ2v) is 5.17. The van der Waals surface area contributed by atoms with Crippen molar-refractivity contribution in [2.75, 3.05) is 6.54 Å². The zero-order chi connectivity index (χ0) is 11.4. The highest BCUT2D eigenvalue weighted by molar-refractivity contribution is 7.16. The summed E-state index contributed by atoms with van der Waals surface area (Å²) < 4.78 is 5.82. The fourth-order valence-corrected chi connectivity index (χ4v) is 2.35. The second-order valence-electron chi connectivity index (χ2n) is 3.37. The molecule has 0 spiro atoms. The Bertz CT molecular complexity index is 412. The van der Waals surface area contributed by atoms with Gasteiger partial charge < -0.3 is 9.84 Å². The van der Waals surface area contributed by atoms with Gasteiger partial charge in [0.25, 0.3) is 0 Å². The van der Waals surface area contributed by atoms with Gasteiger partial charge in [-0.1, -0.05) is 16.8 Å². The fraction of sp³-hybridized carbons (Fsp3) is 0.400. The van der Waals surface area contributed by atoms with Gasteiger partial charge in [0.2, 0.25) is 5.89 Å². The van der Waals surface area contributed by atoms with Crippen LogP contribution < -0.4 is 5.32 Å². The molecule has 0 radical (unpaired) electrons. The van der Waals surface area contributed by atoms with Gasteiger partial charge >= 0.3 is 0 Å². The van der Waals surface area contributed by atoms with Crippen LogP contribution in [0.2, 0.25) is 4.34 Å². The van der Waals surface area contributed by atoms with Gasteiger partial charge in [0.1, 0.15) is 0 Å². The molecule has 6 heteroatoms. The first-order valence-electron chi connectivity index (χ1n) is 4.98. The van der Waals surface area contributed by atoms with Crippen molar-refractivity contribution in [3.05, 3.63) is 33.1 Å². The average molecular weight is 258 g/mol. The van der Waals surface area contributed by atoms with E-state index in [-0.39, 0.29) is 0 Å². The zero-order valence-corrected chi connectivity index (χ0v) is 10.4. The van der Waals surface area contributed by atoms with Crippen LogP contribution in [-0.2, 0) is 13.0 Å². The van der Waals surface area contributed by atoms with Crippen LogP contribution in [0.4, 0.5) is 0 Å². The lowest BCUT2D eigenvalue weighted by Crippen LogP contribution is -2.16. The van der Waals surface area contributed by atoms with E-state index >= 15 is 0 Å². The number of hydrogen-bond acceptors (Lipinski definition) is 5. The first-order chi connectivity index (χ1) is 7.74. The van der Waals surface area contributed by atoms with E-state index in [1.807, 2.05) is 19.1 Å². The predicted octanol–water partition coefficient (Wildman–Crippen LogP) is 2.43. The van der Waals surface area contributed by atoms with Crippen molar-refractivity contribution in [3.63, 3.8) is 0 Å². The Morgan fingerprint density at radius 3 is 3.00 bits per heavy atom. The van der Waals surface area contributed by atoms with E-state index < -0.39 is 0 Å². The first-order valence-corrected chi connectivity index (χ1v) is 6.17. The van der Waals surface area contributed by atoms with Crippen LogP contribution >= 0.6 is 22.9 Å². The molecule has 2 rings (SSSR count). The lowest BCUT2D eigenvalue weighted by atomic mass is 10.4. The second kappa shape index (κ2) is 5.43. The first kappa shape index (κ1) is 11.6. The van der Waals surface area contributed by atoms with Crippen LogP contribution in [0, 0.1) is 6.92 Å². The number of aryl methyl sites for hydroxylation is 1. The Hall–Kier alpha value is -0.910. The van der Waals surface area contributed by atoms with Gasteiger partial charge in [0.05, 0.1) is 4.34 Å². The smallest absolute Gasteiger partial charge is 0.227 e. The summed E-state index contributed by atoms with van der Waals surface area (Å²) in [4.78, 5) is 5.35. The maximum Gasteiger partial charge on any atom is 0.227 e. The molecule has 86 valence electrons. The monoisotopic (exact) mass is 257 g/mol. The minimum Gasteiger partial charge on any atom is -0.339 e. The molecule has 1 N–H and O–H groups in total. The third-order valence-electron chi connectivity index (χ3n) is 2.01. The Kier molecular flexibility index (Phi) is 3.93. The minimum absolute atomic E-state index is 0.675. The van der Waals surface area contributed by atoms with Crippen molar-refractivity contribution in [2.24, 2.45) is 0 Å². The fourth-order valence-electron chi connectivity index (χ4n) is 1.30. The molecule has 16 heavy (non-hydrogen) atoms. The number of nitrogens with one attached hydrogen (secondary N) is 1. The van der Waals surface area contributed by atoms with Gasteiger partial charge in [-0.3, -0.25) is 0 Å². The van der Waals surface area contributed by atoms with E-state index in [1.165, 1.54) is 4.88 Å². The van der Waals surface area contributed by atoms with E-state index in [0.717, 1.165) is 23.8 Å². The van der Waals surface area contributed by atoms with Crippen LogP contribution in [0.5, 0.6) is 0 Å². The third-order valence-corrected chi connectivity index (χ3v) is 3.24. The molecule has 2 heterocycles. The van der Waals surface area contributed by atoms with Gasteiger partial charge in [-0.05, 0) is 19.1 Å². The molecule has 0 saturated heterocycles. The molecule has 0 amide bonds. The topological polar surface area (TPSA) is 51.0 Å². The Labute approximate surface area is 103 Å². The number of thiophene rings is 1. The molecule has 2 aromatic heterocycles. The number of rotatable bonds is 5. The van der Waals surface area contributed by atoms with Crippen molar-refractivity contribution in [1.82, 2.24) is 15.5 Å². The molecule has 0 saturated carbocycles. The van der Waals surface area contributed by atoms with E-state index in [0.29, 0.717) is 11.7 Å². The summed E-state index contributed by atoms with van der Waals surface area (Å²) >= 11 is 7.42. The summed E-state index contributed by atoms with van der Waals surface area (Å²) in [6.45, 7) is 3.45. The van der Waals surface area contributed by atoms with Crippen molar-refractivity contribution in [3.8, 4) is 0 Å². The molecule has 0 atom stereocenters. The van der Waals surface area contributed by atoms with Crippen molar-refractivity contribution >= 4 is 22.9 Å². The molecule has 0 fully saturated rings. The molecule has 0 aliphatic carbocycles. The van der Waals surface area contributed by atoms with Gasteiger partial charge in [0.15, 0.2) is 5.82 Å². The standard InChI is InChI=1S/C10H12ClN3OS/c1-7-13-10(15-14-7)4-5-12-6-8-2-3-9(11)16-8/h2-3,12H,4-6H2,1H3. The molecule has 0 aromatic carbocycles. The van der Waals surface area contributed by atoms with Crippen molar-refractivity contribution in [1.29, 1.82) is 0 Å². The Morgan fingerprint density at radius 2 is 2.38 bits per heavy atom. The molecule has 0 bridgehead atoms. The normalized spacial score (nSPS) is 10.9. The molecule has 0 aliphatic heterocycles. The minimum atomic E-state index is 0.675. The third kappa shape index (κ3) is 3.30. The maximum atomic E-state index is 5.83. The molecule has 0 aliphatic rings. The lowest BCUT2D eigenvalue weighted by Gasteiger charge is -1.99. The largest absolute Gasteiger partial charge is 0.339 e. The number of nitrogens with zero attached hydrogens (tertiary/aromatic N) is 2. The summed E-state index contributed by atoms with van der Waals surface area (Å²) in [5.41, 5.74) is 0. The highest BCUT2D eigenvalue weighted by Crippen LogP contribution is 2.20. The van der Waals surface area contributed by atoms with Gasteiger partial charge in [-0.2, -0.15) is 4.98 Å². The Morgan fingerprint density at radius 1 is 1.50 bits per heavy atom. The summed E-state index contributed by atoms with van der Waals surface area (Å²) in [7, 11) is 0. The number of aromatic nitrogens is 2. The van der Waals surface area contributed by atoms with Crippen LogP contribution in [0.15, 0.2) is 16.7 Å². The highest BCUT2D eigenvalue weighted by Gasteiger charge is 2.02. The zero-order valence-electron chi connectivity index (χ0n) is 8.86. The van der Waals surface area contributed by atoms with Crippen molar-refractivity contribution in [2.45, 2.75) is 19.9 Å². The molecule has 4 nitrogen and oxygen atoms in total.